The molecule has 0 aliphatic heterocycles. The van der Waals surface area contributed by atoms with E-state index >= 15 is 0 Å². The molecule has 0 amide bonds. The van der Waals surface area contributed by atoms with Gasteiger partial charge in [-0.25, -0.2) is 0 Å². The van der Waals surface area contributed by atoms with E-state index in [0.29, 0.717) is 4.83 Å². The maximum absolute atomic E-state index is 5.48. The molecule has 0 spiro atoms. The van der Waals surface area contributed by atoms with Crippen molar-refractivity contribution in [1.82, 2.24) is 0 Å². The number of hydrogen-bond donors (Lipinski definition) is 0. The van der Waals surface area contributed by atoms with E-state index < -0.39 is 0 Å². The number of alkyl halides is 1. The van der Waals surface area contributed by atoms with Crippen LogP contribution in [-0.4, -0.2) is 6.61 Å². The van der Waals surface area contributed by atoms with Gasteiger partial charge in [0.15, 0.2) is 0 Å². The Labute approximate surface area is 125 Å². The summed E-state index contributed by atoms with van der Waals surface area (Å²) in [6.45, 7) is 2.75. The van der Waals surface area contributed by atoms with E-state index in [1.807, 2.05) is 6.92 Å². The van der Waals surface area contributed by atoms with E-state index in [1.165, 1.54) is 50.5 Å². The number of benzene rings is 1. The largest absolute Gasteiger partial charge is 0.494 e. The summed E-state index contributed by atoms with van der Waals surface area (Å²) in [6.07, 6.45) is 9.85. The van der Waals surface area contributed by atoms with Crippen molar-refractivity contribution in [2.45, 2.75) is 56.7 Å². The predicted molar refractivity (Wildman–Crippen MR) is 85.1 cm³/mol. The molecule has 1 aliphatic carbocycles. The number of halogens is 1. The highest BCUT2D eigenvalue weighted by Gasteiger charge is 2.15. The maximum Gasteiger partial charge on any atom is 0.119 e. The molecule has 2 heteroatoms. The molecule has 1 atom stereocenters. The van der Waals surface area contributed by atoms with E-state index in [-0.39, 0.29) is 0 Å². The molecule has 1 aliphatic rings. The standard InChI is InChI=1S/C17H25BrO/c1-2-19-16-11-9-15(10-12-16)17(18)13-8-14-6-4-3-5-7-14/h9-12,14,17H,2-8,13H2,1H3. The Kier molecular flexibility index (Phi) is 6.22. The fraction of sp³-hybridized carbons (Fsp3) is 0.647. The Morgan fingerprint density at radius 1 is 1.16 bits per heavy atom. The Bertz CT molecular complexity index is 354. The lowest BCUT2D eigenvalue weighted by Gasteiger charge is -2.22. The van der Waals surface area contributed by atoms with Crippen LogP contribution in [0.25, 0.3) is 0 Å². The average molecular weight is 325 g/mol. The van der Waals surface area contributed by atoms with Crippen LogP contribution < -0.4 is 4.74 Å². The summed E-state index contributed by atoms with van der Waals surface area (Å²) in [4.78, 5) is 0.491. The van der Waals surface area contributed by atoms with Gasteiger partial charge in [0.25, 0.3) is 0 Å². The minimum atomic E-state index is 0.491. The number of ether oxygens (including phenoxy) is 1. The second-order valence-electron chi connectivity index (χ2n) is 5.55. The van der Waals surface area contributed by atoms with Crippen molar-refractivity contribution in [3.63, 3.8) is 0 Å². The molecule has 0 heterocycles. The average Bonchev–Trinajstić information content (AvgIpc) is 2.47. The van der Waals surface area contributed by atoms with Gasteiger partial charge in [0.1, 0.15) is 5.75 Å². The Hall–Kier alpha value is -0.500. The van der Waals surface area contributed by atoms with E-state index in [9.17, 15) is 0 Å². The molecule has 106 valence electrons. The van der Waals surface area contributed by atoms with Crippen LogP contribution in [0.2, 0.25) is 0 Å². The van der Waals surface area contributed by atoms with Crippen LogP contribution in [0.4, 0.5) is 0 Å². The normalized spacial score (nSPS) is 18.2. The van der Waals surface area contributed by atoms with Crippen molar-refractivity contribution in [3.05, 3.63) is 29.8 Å². The second-order valence-corrected chi connectivity index (χ2v) is 6.66. The van der Waals surface area contributed by atoms with Gasteiger partial charge >= 0.3 is 0 Å². The lowest BCUT2D eigenvalue weighted by Crippen LogP contribution is -2.07. The summed E-state index contributed by atoms with van der Waals surface area (Å²) in [5.41, 5.74) is 1.37. The summed E-state index contributed by atoms with van der Waals surface area (Å²) in [6, 6.07) is 8.53. The van der Waals surface area contributed by atoms with E-state index in [1.54, 1.807) is 0 Å². The first kappa shape index (κ1) is 14.9. The van der Waals surface area contributed by atoms with Gasteiger partial charge in [-0.2, -0.15) is 0 Å². The molecule has 1 saturated carbocycles. The number of rotatable bonds is 6. The molecular formula is C17H25BrO. The van der Waals surface area contributed by atoms with Crippen molar-refractivity contribution in [1.29, 1.82) is 0 Å². The molecule has 2 rings (SSSR count). The smallest absolute Gasteiger partial charge is 0.119 e. The van der Waals surface area contributed by atoms with Crippen LogP contribution in [0.1, 0.15) is 62.3 Å². The van der Waals surface area contributed by atoms with Crippen molar-refractivity contribution >= 4 is 15.9 Å². The SMILES string of the molecule is CCOc1ccc(C(Br)CCC2CCCCC2)cc1. The fourth-order valence-corrected chi connectivity index (χ4v) is 3.53. The summed E-state index contributed by atoms with van der Waals surface area (Å²) in [7, 11) is 0. The predicted octanol–water partition coefficient (Wildman–Crippen LogP) is 5.88. The van der Waals surface area contributed by atoms with Gasteiger partial charge in [-0.15, -0.1) is 0 Å². The molecule has 0 bridgehead atoms. The zero-order valence-electron chi connectivity index (χ0n) is 11.9. The van der Waals surface area contributed by atoms with E-state index in [2.05, 4.69) is 40.2 Å². The van der Waals surface area contributed by atoms with Gasteiger partial charge in [-0.3, -0.25) is 0 Å². The van der Waals surface area contributed by atoms with Crippen LogP contribution in [0.5, 0.6) is 5.75 Å². The molecule has 1 aromatic rings. The third-order valence-electron chi connectivity index (χ3n) is 4.11. The molecule has 1 aromatic carbocycles. The zero-order chi connectivity index (χ0) is 13.5. The van der Waals surface area contributed by atoms with Crippen LogP contribution >= 0.6 is 15.9 Å². The lowest BCUT2D eigenvalue weighted by molar-refractivity contribution is 0.332. The third-order valence-corrected chi connectivity index (χ3v) is 5.09. The molecule has 1 nitrogen and oxygen atoms in total. The van der Waals surface area contributed by atoms with Crippen molar-refractivity contribution in [2.75, 3.05) is 6.61 Å². The van der Waals surface area contributed by atoms with Crippen LogP contribution in [0, 0.1) is 5.92 Å². The molecule has 1 fully saturated rings. The Morgan fingerprint density at radius 2 is 1.84 bits per heavy atom. The van der Waals surface area contributed by atoms with E-state index in [0.717, 1.165) is 18.3 Å². The molecule has 1 unspecified atom stereocenters. The first-order valence-corrected chi connectivity index (χ1v) is 8.58. The number of hydrogen-bond acceptors (Lipinski definition) is 1. The van der Waals surface area contributed by atoms with Crippen molar-refractivity contribution in [2.24, 2.45) is 5.92 Å². The topological polar surface area (TPSA) is 9.23 Å². The highest BCUT2D eigenvalue weighted by atomic mass is 79.9. The van der Waals surface area contributed by atoms with Gasteiger partial charge < -0.3 is 4.74 Å². The van der Waals surface area contributed by atoms with Crippen molar-refractivity contribution in [3.8, 4) is 5.75 Å². The minimum Gasteiger partial charge on any atom is -0.494 e. The molecule has 0 saturated heterocycles. The Morgan fingerprint density at radius 3 is 2.47 bits per heavy atom. The first-order chi connectivity index (χ1) is 9.29. The van der Waals surface area contributed by atoms with Gasteiger partial charge in [0.05, 0.1) is 6.61 Å². The highest BCUT2D eigenvalue weighted by molar-refractivity contribution is 9.09. The maximum atomic E-state index is 5.48. The summed E-state index contributed by atoms with van der Waals surface area (Å²) >= 11 is 3.84. The molecule has 0 N–H and O–H groups in total. The minimum absolute atomic E-state index is 0.491. The Balaban J connectivity index is 1.79. The van der Waals surface area contributed by atoms with Crippen LogP contribution in [0.3, 0.4) is 0 Å². The van der Waals surface area contributed by atoms with E-state index in [4.69, 9.17) is 4.74 Å². The quantitative estimate of drug-likeness (QED) is 0.593. The van der Waals surface area contributed by atoms with Gasteiger partial charge in [-0.05, 0) is 43.4 Å². The van der Waals surface area contributed by atoms with Gasteiger partial charge in [0, 0.05) is 4.83 Å². The lowest BCUT2D eigenvalue weighted by atomic mass is 9.85. The van der Waals surface area contributed by atoms with Crippen molar-refractivity contribution < 1.29 is 4.74 Å². The van der Waals surface area contributed by atoms with Crippen LogP contribution in [-0.2, 0) is 0 Å². The molecule has 19 heavy (non-hydrogen) atoms. The fourth-order valence-electron chi connectivity index (χ4n) is 2.96. The zero-order valence-corrected chi connectivity index (χ0v) is 13.5. The second kappa shape index (κ2) is 7.94. The summed E-state index contributed by atoms with van der Waals surface area (Å²) in [5, 5.41) is 0. The van der Waals surface area contributed by atoms with Crippen LogP contribution in [0.15, 0.2) is 24.3 Å². The molecular weight excluding hydrogens is 300 g/mol. The molecule has 0 aromatic heterocycles. The van der Waals surface area contributed by atoms with Gasteiger partial charge in [0.2, 0.25) is 0 Å². The summed E-state index contributed by atoms with van der Waals surface area (Å²) < 4.78 is 5.48. The van der Waals surface area contributed by atoms with Gasteiger partial charge in [-0.1, -0.05) is 60.2 Å². The third kappa shape index (κ3) is 4.83. The highest BCUT2D eigenvalue weighted by Crippen LogP contribution is 2.34. The molecule has 0 radical (unpaired) electrons. The first-order valence-electron chi connectivity index (χ1n) is 7.66. The summed E-state index contributed by atoms with van der Waals surface area (Å²) in [5.74, 6) is 1.94. The monoisotopic (exact) mass is 324 g/mol.